The number of ether oxygens (including phenoxy) is 1. The summed E-state index contributed by atoms with van der Waals surface area (Å²) in [6, 6.07) is 15.9. The van der Waals surface area contributed by atoms with E-state index in [0.717, 1.165) is 71.2 Å². The lowest BCUT2D eigenvalue weighted by Gasteiger charge is -2.35. The molecule has 2 aromatic heterocycles. The molecule has 0 radical (unpaired) electrons. The summed E-state index contributed by atoms with van der Waals surface area (Å²) in [5, 5.41) is 12.4. The van der Waals surface area contributed by atoms with Gasteiger partial charge in [-0.15, -0.1) is 0 Å². The van der Waals surface area contributed by atoms with Gasteiger partial charge in [0.1, 0.15) is 23.7 Å². The highest BCUT2D eigenvalue weighted by Gasteiger charge is 2.57. The number of carbonyl (C=O) groups is 4. The Morgan fingerprint density at radius 3 is 1.63 bits per heavy atom. The van der Waals surface area contributed by atoms with Gasteiger partial charge in [0, 0.05) is 19.1 Å². The van der Waals surface area contributed by atoms with Crippen LogP contribution in [0.5, 0.6) is 0 Å². The van der Waals surface area contributed by atoms with Crippen molar-refractivity contribution in [1.82, 2.24) is 40.0 Å². The molecule has 0 bridgehead atoms. The average Bonchev–Trinajstić information content (AvgIpc) is 4.15. The summed E-state index contributed by atoms with van der Waals surface area (Å²) in [6.45, 7) is 7.63. The Morgan fingerprint density at radius 2 is 1.20 bits per heavy atom. The number of carbonyl (C=O) groups excluding carboxylic acids is 3. The maximum absolute atomic E-state index is 13.8. The van der Waals surface area contributed by atoms with Crippen molar-refractivity contribution >= 4 is 24.0 Å². The first kappa shape index (κ1) is 38.8. The number of carboxylic acid groups (broad SMARTS) is 1. The Hall–Kier alpha value is -5.66. The summed E-state index contributed by atoms with van der Waals surface area (Å²) < 4.78 is 4.80. The quantitative estimate of drug-likeness (QED) is 0.118. The first-order chi connectivity index (χ1) is 28.3. The number of piperidine rings is 2. The minimum absolute atomic E-state index is 0.0893. The zero-order chi connectivity index (χ0) is 41.4. The number of alkyl carbamates (subject to hydrolysis) is 1. The van der Waals surface area contributed by atoms with Crippen molar-refractivity contribution in [3.05, 3.63) is 83.7 Å². The number of nitrogens with one attached hydrogen (secondary N) is 3. The van der Waals surface area contributed by atoms with E-state index in [-0.39, 0.29) is 47.8 Å². The smallest absolute Gasteiger partial charge is 0.407 e. The van der Waals surface area contributed by atoms with Crippen LogP contribution < -0.4 is 5.32 Å². The fraction of sp³-hybridized carbons (Fsp3) is 0.511. The lowest BCUT2D eigenvalue weighted by atomic mass is 10.0. The van der Waals surface area contributed by atoms with Crippen LogP contribution in [0.2, 0.25) is 0 Å². The predicted octanol–water partition coefficient (Wildman–Crippen LogP) is 7.08. The third kappa shape index (κ3) is 7.14. The van der Waals surface area contributed by atoms with Gasteiger partial charge in [-0.2, -0.15) is 0 Å². The van der Waals surface area contributed by atoms with Gasteiger partial charge in [-0.05, 0) is 89.9 Å². The number of benzene rings is 2. The van der Waals surface area contributed by atoms with Crippen LogP contribution in [0, 0.1) is 23.7 Å². The molecule has 3 aliphatic carbocycles. The Morgan fingerprint density at radius 1 is 0.729 bits per heavy atom. The van der Waals surface area contributed by atoms with Gasteiger partial charge >= 0.3 is 12.2 Å². The molecule has 14 heteroatoms. The number of rotatable bonds is 12. The molecular weight excluding hydrogens is 749 g/mol. The largest absolute Gasteiger partial charge is 0.465 e. The topological polar surface area (TPSA) is 177 Å². The van der Waals surface area contributed by atoms with Gasteiger partial charge in [-0.1, -0.05) is 76.2 Å². The summed E-state index contributed by atoms with van der Waals surface area (Å²) in [6.07, 6.45) is 6.69. The summed E-state index contributed by atoms with van der Waals surface area (Å²) in [7, 11) is 2.78. The van der Waals surface area contributed by atoms with E-state index >= 15 is 0 Å². The minimum atomic E-state index is -1.10. The van der Waals surface area contributed by atoms with Crippen molar-refractivity contribution in [2.75, 3.05) is 14.2 Å². The van der Waals surface area contributed by atoms with E-state index in [1.54, 1.807) is 0 Å². The molecule has 2 aliphatic heterocycles. The number of methoxy groups -OCH3 is 1. The maximum atomic E-state index is 13.8. The number of imidazole rings is 2. The fourth-order valence-electron chi connectivity index (χ4n) is 10.1. The normalized spacial score (nSPS) is 27.3. The van der Waals surface area contributed by atoms with E-state index in [1.807, 2.05) is 49.9 Å². The molecule has 5 aliphatic rings. The average molecular weight is 803 g/mol. The number of aromatic nitrogens is 4. The lowest BCUT2D eigenvalue weighted by molar-refractivity contribution is -0.140. The second kappa shape index (κ2) is 14.9. The molecule has 0 spiro atoms. The minimum Gasteiger partial charge on any atom is -0.465 e. The SMILES string of the molecule is COC(=O)N[C@H](C(=O)N1[C@@H]2C[C@H]2C[C@H]1c1ncc(-c2ccc([C@H]3C[C@@H]3c3ccc(-c4cnc([C@@H]5C[C@H]6C[C@H]6N5C(=O)[C@H](C(C)C)N(C)C(=O)O)[nH]4)cc3)cc2)[nH]1)C(C)C. The summed E-state index contributed by atoms with van der Waals surface area (Å²) in [5.74, 6) is 2.81. The number of amides is 4. The van der Waals surface area contributed by atoms with Crippen LogP contribution in [-0.2, 0) is 14.3 Å². The van der Waals surface area contributed by atoms with Gasteiger partial charge in [0.15, 0.2) is 0 Å². The van der Waals surface area contributed by atoms with Crippen molar-refractivity contribution in [1.29, 1.82) is 0 Å². The molecule has 4 heterocycles. The Bertz CT molecular complexity index is 2250. The van der Waals surface area contributed by atoms with E-state index in [4.69, 9.17) is 14.7 Å². The van der Waals surface area contributed by atoms with E-state index in [9.17, 15) is 24.3 Å². The summed E-state index contributed by atoms with van der Waals surface area (Å²) >= 11 is 0. The predicted molar refractivity (Wildman–Crippen MR) is 219 cm³/mol. The summed E-state index contributed by atoms with van der Waals surface area (Å²) in [4.78, 5) is 73.0. The van der Waals surface area contributed by atoms with Crippen LogP contribution in [0.25, 0.3) is 22.5 Å². The molecule has 4 aromatic rings. The van der Waals surface area contributed by atoms with Crippen molar-refractivity contribution in [3.8, 4) is 22.5 Å². The maximum Gasteiger partial charge on any atom is 0.407 e. The van der Waals surface area contributed by atoms with Crippen LogP contribution in [0.15, 0.2) is 60.9 Å². The van der Waals surface area contributed by atoms with Gasteiger partial charge < -0.3 is 34.9 Å². The molecule has 2 aromatic carbocycles. The molecule has 0 unspecified atom stereocenters. The van der Waals surface area contributed by atoms with Crippen LogP contribution >= 0.6 is 0 Å². The van der Waals surface area contributed by atoms with E-state index < -0.39 is 24.3 Å². The second-order valence-electron chi connectivity index (χ2n) is 18.1. The number of H-pyrrole nitrogens is 2. The fourth-order valence-corrected chi connectivity index (χ4v) is 10.1. The lowest BCUT2D eigenvalue weighted by Crippen LogP contribution is -2.52. The van der Waals surface area contributed by atoms with Crippen LogP contribution in [0.1, 0.15) is 106 Å². The highest BCUT2D eigenvalue weighted by atomic mass is 16.5. The standard InChI is InChI=1S/C45H54N8O6/c1-22(2)38(50-44(56)59-6)42(54)52-34-15-28(34)17-36(52)40-46-20-32(48-40)26-11-7-24(8-12-26)30-19-31(30)25-9-13-27(14-10-25)33-21-47-41(49-33)37-18-29-16-35(29)53(37)43(55)39(23(3)4)51(5)45(57)58/h7-14,20-23,28-31,34-39H,15-19H2,1-6H3,(H,46,48)(H,47,49)(H,50,56)(H,57,58)/t28-,29+,30+,31+,34+,35+,36-,37-,38-,39-/m0/s1. The van der Waals surface area contributed by atoms with Crippen LogP contribution in [0.4, 0.5) is 9.59 Å². The molecule has 9 rings (SSSR count). The van der Waals surface area contributed by atoms with Crippen molar-refractivity contribution < 1.29 is 29.0 Å². The molecule has 310 valence electrons. The first-order valence-corrected chi connectivity index (χ1v) is 21.1. The third-order valence-corrected chi connectivity index (χ3v) is 13.6. The number of fused-ring (bicyclic) bond motifs is 2. The van der Waals surface area contributed by atoms with E-state index in [0.29, 0.717) is 23.7 Å². The molecule has 2 saturated heterocycles. The van der Waals surface area contributed by atoms with Gasteiger partial charge in [-0.3, -0.25) is 14.5 Å². The van der Waals surface area contributed by atoms with Crippen LogP contribution in [-0.4, -0.2) is 102 Å². The van der Waals surface area contributed by atoms with Gasteiger partial charge in [0.05, 0.1) is 43.0 Å². The number of likely N-dealkylation sites (tertiary alicyclic amines) is 2. The molecule has 5 fully saturated rings. The van der Waals surface area contributed by atoms with Gasteiger partial charge in [0.2, 0.25) is 11.8 Å². The highest BCUT2D eigenvalue weighted by molar-refractivity contribution is 5.88. The molecule has 3 saturated carbocycles. The Kier molecular flexibility index (Phi) is 9.78. The Labute approximate surface area is 344 Å². The number of hydrogen-bond donors (Lipinski definition) is 4. The molecule has 4 amide bonds. The van der Waals surface area contributed by atoms with Gasteiger partial charge in [0.25, 0.3) is 0 Å². The third-order valence-electron chi connectivity index (χ3n) is 13.6. The zero-order valence-corrected chi connectivity index (χ0v) is 34.5. The van der Waals surface area contributed by atoms with Crippen LogP contribution in [0.3, 0.4) is 0 Å². The monoisotopic (exact) mass is 802 g/mol. The number of aromatic amines is 2. The molecule has 14 nitrogen and oxygen atoms in total. The van der Waals surface area contributed by atoms with E-state index in [2.05, 4.69) is 63.8 Å². The molecule has 4 N–H and O–H groups in total. The molecule has 10 atom stereocenters. The Balaban J connectivity index is 0.831. The summed E-state index contributed by atoms with van der Waals surface area (Å²) in [5.41, 5.74) is 6.47. The number of hydrogen-bond acceptors (Lipinski definition) is 7. The second-order valence-corrected chi connectivity index (χ2v) is 18.1. The number of likely N-dealkylation sites (N-methyl/N-ethyl adjacent to an activating group) is 1. The van der Waals surface area contributed by atoms with Gasteiger partial charge in [-0.25, -0.2) is 19.6 Å². The number of nitrogens with zero attached hydrogens (tertiary/aromatic N) is 5. The van der Waals surface area contributed by atoms with Crippen molar-refractivity contribution in [2.45, 2.75) is 108 Å². The first-order valence-electron chi connectivity index (χ1n) is 21.1. The highest BCUT2D eigenvalue weighted by Crippen LogP contribution is 2.56. The molecule has 59 heavy (non-hydrogen) atoms. The zero-order valence-electron chi connectivity index (χ0n) is 34.5. The van der Waals surface area contributed by atoms with E-state index in [1.165, 1.54) is 25.3 Å². The van der Waals surface area contributed by atoms with Crippen molar-refractivity contribution in [3.63, 3.8) is 0 Å². The molecular formula is C45H54N8O6. The van der Waals surface area contributed by atoms with Crippen molar-refractivity contribution in [2.24, 2.45) is 23.7 Å².